The summed E-state index contributed by atoms with van der Waals surface area (Å²) < 4.78 is 0. The van der Waals surface area contributed by atoms with Gasteiger partial charge in [0.05, 0.1) is 16.4 Å². The van der Waals surface area contributed by atoms with Gasteiger partial charge in [0.1, 0.15) is 0 Å². The molecule has 1 aromatic heterocycles. The molecule has 1 unspecified atom stereocenters. The minimum Gasteiger partial charge on any atom is -0.393 e. The van der Waals surface area contributed by atoms with E-state index in [1.165, 1.54) is 0 Å². The molecule has 0 aliphatic carbocycles. The monoisotopic (exact) mass is 239 g/mol. The first-order valence-corrected chi connectivity index (χ1v) is 5.51. The number of nitrogens with two attached hydrogens (primary N) is 1. The van der Waals surface area contributed by atoms with E-state index in [2.05, 4.69) is 15.2 Å². The highest BCUT2D eigenvalue weighted by molar-refractivity contribution is 7.80. The fourth-order valence-electron chi connectivity index (χ4n) is 1.22. The third kappa shape index (κ3) is 3.10. The zero-order valence-corrected chi connectivity index (χ0v) is 10.9. The fourth-order valence-corrected chi connectivity index (χ4v) is 1.46. The van der Waals surface area contributed by atoms with Crippen molar-refractivity contribution in [3.05, 3.63) is 11.4 Å². The largest absolute Gasteiger partial charge is 0.393 e. The van der Waals surface area contributed by atoms with Crippen molar-refractivity contribution in [3.63, 3.8) is 0 Å². The van der Waals surface area contributed by atoms with Gasteiger partial charge in [-0.05, 0) is 20.8 Å². The van der Waals surface area contributed by atoms with Gasteiger partial charge in [-0.15, -0.1) is 5.10 Å². The van der Waals surface area contributed by atoms with Gasteiger partial charge >= 0.3 is 0 Å². The maximum Gasteiger partial charge on any atom is 0.245 e. The number of thiocarbonyl (C=S) groups is 1. The average Bonchev–Trinajstić information content (AvgIpc) is 2.20. The van der Waals surface area contributed by atoms with E-state index in [0.717, 1.165) is 11.4 Å². The van der Waals surface area contributed by atoms with Gasteiger partial charge in [0, 0.05) is 19.5 Å². The molecule has 0 saturated carbocycles. The molecule has 0 radical (unpaired) electrons. The molecule has 0 aromatic carbocycles. The van der Waals surface area contributed by atoms with E-state index in [0.29, 0.717) is 17.4 Å². The quantitative estimate of drug-likeness (QED) is 0.790. The van der Waals surface area contributed by atoms with E-state index in [1.54, 1.807) is 0 Å². The molecule has 1 heterocycles. The van der Waals surface area contributed by atoms with Gasteiger partial charge in [0.2, 0.25) is 5.95 Å². The van der Waals surface area contributed by atoms with Crippen LogP contribution in [0.2, 0.25) is 0 Å². The summed E-state index contributed by atoms with van der Waals surface area (Å²) in [6.45, 7) is 5.83. The first kappa shape index (κ1) is 12.8. The molecule has 16 heavy (non-hydrogen) atoms. The van der Waals surface area contributed by atoms with E-state index in [4.69, 9.17) is 18.0 Å². The molecule has 0 aliphatic rings. The van der Waals surface area contributed by atoms with Gasteiger partial charge in [-0.25, -0.2) is 4.98 Å². The number of hydrogen-bond donors (Lipinski definition) is 1. The van der Waals surface area contributed by atoms with Gasteiger partial charge in [-0.1, -0.05) is 12.2 Å². The number of hydrogen-bond acceptors (Lipinski definition) is 5. The summed E-state index contributed by atoms with van der Waals surface area (Å²) in [5, 5.41) is 8.09. The Morgan fingerprint density at radius 3 is 2.50 bits per heavy atom. The van der Waals surface area contributed by atoms with Crippen LogP contribution >= 0.6 is 12.2 Å². The van der Waals surface area contributed by atoms with Crippen LogP contribution in [0.15, 0.2) is 0 Å². The number of rotatable bonds is 4. The second-order valence-electron chi connectivity index (χ2n) is 3.91. The van der Waals surface area contributed by atoms with Crippen LogP contribution in [0.3, 0.4) is 0 Å². The second kappa shape index (κ2) is 5.16. The third-order valence-corrected chi connectivity index (χ3v) is 2.72. The SMILES string of the molecule is Cc1nnc(N(C)C(C)CC(N)=S)nc1C. The normalized spacial score (nSPS) is 12.2. The number of aryl methyl sites for hydroxylation is 2. The van der Waals surface area contributed by atoms with Gasteiger partial charge < -0.3 is 10.6 Å². The van der Waals surface area contributed by atoms with Crippen LogP contribution in [-0.2, 0) is 0 Å². The maximum absolute atomic E-state index is 5.51. The lowest BCUT2D eigenvalue weighted by Gasteiger charge is -2.24. The van der Waals surface area contributed by atoms with E-state index < -0.39 is 0 Å². The molecule has 0 saturated heterocycles. The highest BCUT2D eigenvalue weighted by atomic mass is 32.1. The summed E-state index contributed by atoms with van der Waals surface area (Å²) in [5.74, 6) is 0.604. The van der Waals surface area contributed by atoms with Crippen LogP contribution in [0, 0.1) is 13.8 Å². The van der Waals surface area contributed by atoms with Crippen molar-refractivity contribution >= 4 is 23.2 Å². The smallest absolute Gasteiger partial charge is 0.245 e. The molecule has 5 nitrogen and oxygen atoms in total. The lowest BCUT2D eigenvalue weighted by atomic mass is 10.2. The van der Waals surface area contributed by atoms with Crippen LogP contribution in [0.25, 0.3) is 0 Å². The van der Waals surface area contributed by atoms with Gasteiger partial charge in [-0.2, -0.15) is 5.10 Å². The molecule has 1 aromatic rings. The molecular weight excluding hydrogens is 222 g/mol. The number of aromatic nitrogens is 3. The van der Waals surface area contributed by atoms with Crippen LogP contribution in [0.4, 0.5) is 5.95 Å². The Kier molecular flexibility index (Phi) is 4.12. The van der Waals surface area contributed by atoms with E-state index >= 15 is 0 Å². The highest BCUT2D eigenvalue weighted by Gasteiger charge is 2.14. The Morgan fingerprint density at radius 2 is 2.00 bits per heavy atom. The molecule has 0 bridgehead atoms. The molecular formula is C10H17N5S. The number of anilines is 1. The van der Waals surface area contributed by atoms with Gasteiger partial charge in [-0.3, -0.25) is 0 Å². The Hall–Kier alpha value is -1.30. The van der Waals surface area contributed by atoms with Crippen molar-refractivity contribution in [1.82, 2.24) is 15.2 Å². The van der Waals surface area contributed by atoms with Crippen LogP contribution < -0.4 is 10.6 Å². The summed E-state index contributed by atoms with van der Waals surface area (Å²) in [5.41, 5.74) is 7.25. The predicted molar refractivity (Wildman–Crippen MR) is 68.6 cm³/mol. The molecule has 0 aliphatic heterocycles. The molecule has 2 N–H and O–H groups in total. The average molecular weight is 239 g/mol. The van der Waals surface area contributed by atoms with E-state index in [1.807, 2.05) is 32.7 Å². The van der Waals surface area contributed by atoms with Crippen LogP contribution in [0.5, 0.6) is 0 Å². The molecule has 88 valence electrons. The third-order valence-electron chi connectivity index (χ3n) is 2.55. The van der Waals surface area contributed by atoms with Crippen molar-refractivity contribution in [2.24, 2.45) is 5.73 Å². The van der Waals surface area contributed by atoms with Crippen LogP contribution in [0.1, 0.15) is 24.7 Å². The van der Waals surface area contributed by atoms with Crippen molar-refractivity contribution < 1.29 is 0 Å². The lowest BCUT2D eigenvalue weighted by molar-refractivity contribution is 0.679. The summed E-state index contributed by atoms with van der Waals surface area (Å²) in [6.07, 6.45) is 0.641. The molecule has 0 spiro atoms. The van der Waals surface area contributed by atoms with Crippen LogP contribution in [-0.4, -0.2) is 33.3 Å². The Morgan fingerprint density at radius 1 is 1.38 bits per heavy atom. The number of nitrogens with zero attached hydrogens (tertiary/aromatic N) is 4. The molecule has 1 atom stereocenters. The van der Waals surface area contributed by atoms with Gasteiger partial charge in [0.25, 0.3) is 0 Å². The van der Waals surface area contributed by atoms with E-state index in [9.17, 15) is 0 Å². The first-order valence-electron chi connectivity index (χ1n) is 5.11. The predicted octanol–water partition coefficient (Wildman–Crippen LogP) is 0.989. The lowest BCUT2D eigenvalue weighted by Crippen LogP contribution is -2.34. The Balaban J connectivity index is 2.83. The van der Waals surface area contributed by atoms with Crippen molar-refractivity contribution in [2.75, 3.05) is 11.9 Å². The maximum atomic E-state index is 5.51. The summed E-state index contributed by atoms with van der Waals surface area (Å²) in [6, 6.07) is 0.168. The zero-order chi connectivity index (χ0) is 12.3. The first-order chi connectivity index (χ1) is 7.41. The van der Waals surface area contributed by atoms with Crippen molar-refractivity contribution in [2.45, 2.75) is 33.2 Å². The fraction of sp³-hybridized carbons (Fsp3) is 0.600. The van der Waals surface area contributed by atoms with Crippen molar-refractivity contribution in [1.29, 1.82) is 0 Å². The molecule has 0 fully saturated rings. The van der Waals surface area contributed by atoms with Gasteiger partial charge in [0.15, 0.2) is 0 Å². The Bertz CT molecular complexity index is 393. The van der Waals surface area contributed by atoms with E-state index in [-0.39, 0.29) is 6.04 Å². The standard InChI is InChI=1S/C10H17N5S/c1-6(5-9(11)16)15(4)10-12-7(2)8(3)13-14-10/h6H,5H2,1-4H3,(H2,11,16). The molecule has 1 rings (SSSR count). The van der Waals surface area contributed by atoms with Crippen molar-refractivity contribution in [3.8, 4) is 0 Å². The summed E-state index contributed by atoms with van der Waals surface area (Å²) in [7, 11) is 1.91. The highest BCUT2D eigenvalue weighted by Crippen LogP contribution is 2.11. The Labute approximate surface area is 101 Å². The topological polar surface area (TPSA) is 67.9 Å². The second-order valence-corrected chi connectivity index (χ2v) is 4.44. The minimum atomic E-state index is 0.168. The summed E-state index contributed by atoms with van der Waals surface area (Å²) in [4.78, 5) is 6.79. The molecule has 0 amide bonds. The molecule has 6 heteroatoms. The summed E-state index contributed by atoms with van der Waals surface area (Å²) >= 11 is 4.88. The zero-order valence-electron chi connectivity index (χ0n) is 10.1. The minimum absolute atomic E-state index is 0.168.